The maximum atomic E-state index is 13.3. The van der Waals surface area contributed by atoms with Crippen molar-refractivity contribution in [3.63, 3.8) is 0 Å². The zero-order chi connectivity index (χ0) is 19.9. The van der Waals surface area contributed by atoms with Crippen LogP contribution in [-0.2, 0) is 26.5 Å². The molecule has 28 heavy (non-hydrogen) atoms. The number of hydrogen-bond acceptors (Lipinski definition) is 4. The minimum Gasteiger partial charge on any atom is -0.263 e. The van der Waals surface area contributed by atoms with Crippen molar-refractivity contribution < 1.29 is 16.8 Å². The zero-order valence-electron chi connectivity index (χ0n) is 15.8. The first-order valence-electron chi connectivity index (χ1n) is 9.54. The molecule has 1 atom stereocenters. The summed E-state index contributed by atoms with van der Waals surface area (Å²) in [5, 5.41) is 0. The maximum absolute atomic E-state index is 13.3. The van der Waals surface area contributed by atoms with Crippen LogP contribution in [0.4, 0.5) is 5.69 Å². The van der Waals surface area contributed by atoms with Gasteiger partial charge in [-0.25, -0.2) is 16.8 Å². The highest BCUT2D eigenvalue weighted by Gasteiger charge is 2.34. The van der Waals surface area contributed by atoms with E-state index >= 15 is 0 Å². The highest BCUT2D eigenvalue weighted by Crippen LogP contribution is 2.35. The summed E-state index contributed by atoms with van der Waals surface area (Å²) < 4.78 is 55.0. The van der Waals surface area contributed by atoms with E-state index in [4.69, 9.17) is 0 Å². The number of nitrogens with zero attached hydrogens (tertiary/aromatic N) is 2. The van der Waals surface area contributed by atoms with E-state index in [1.165, 1.54) is 32.9 Å². The fourth-order valence-corrected chi connectivity index (χ4v) is 7.24. The lowest BCUT2D eigenvalue weighted by molar-refractivity contribution is 0.477. The van der Waals surface area contributed by atoms with Crippen LogP contribution in [0.5, 0.6) is 0 Å². The van der Waals surface area contributed by atoms with Crippen molar-refractivity contribution in [1.82, 2.24) is 4.31 Å². The Labute approximate surface area is 166 Å². The number of rotatable bonds is 4. The number of anilines is 1. The van der Waals surface area contributed by atoms with Crippen LogP contribution in [0.2, 0.25) is 0 Å². The number of hydrogen-bond donors (Lipinski definition) is 0. The SMILES string of the molecule is CC1CCc2ccccc2N1S(=O)(=O)c1ccc(S(=O)(=O)N2CCCC2)cc1. The number of sulfonamides is 2. The van der Waals surface area contributed by atoms with Gasteiger partial charge in [0, 0.05) is 19.1 Å². The molecule has 1 unspecified atom stereocenters. The Bertz CT molecular complexity index is 1070. The minimum absolute atomic E-state index is 0.108. The Morgan fingerprint density at radius 3 is 2.04 bits per heavy atom. The van der Waals surface area contributed by atoms with E-state index < -0.39 is 20.0 Å². The highest BCUT2D eigenvalue weighted by atomic mass is 32.2. The maximum Gasteiger partial charge on any atom is 0.264 e. The van der Waals surface area contributed by atoms with Gasteiger partial charge >= 0.3 is 0 Å². The monoisotopic (exact) mass is 420 g/mol. The van der Waals surface area contributed by atoms with Gasteiger partial charge in [0.2, 0.25) is 10.0 Å². The Hall–Kier alpha value is -1.90. The fourth-order valence-electron chi connectivity index (χ4n) is 4.00. The molecule has 0 bridgehead atoms. The van der Waals surface area contributed by atoms with Crippen molar-refractivity contribution in [2.24, 2.45) is 0 Å². The van der Waals surface area contributed by atoms with Gasteiger partial charge in [-0.3, -0.25) is 4.31 Å². The summed E-state index contributed by atoms with van der Waals surface area (Å²) in [5.74, 6) is 0. The predicted octanol–water partition coefficient (Wildman–Crippen LogP) is 3.00. The quantitative estimate of drug-likeness (QED) is 0.762. The lowest BCUT2D eigenvalue weighted by Crippen LogP contribution is -2.42. The van der Waals surface area contributed by atoms with Crippen LogP contribution in [0.15, 0.2) is 58.3 Å². The van der Waals surface area contributed by atoms with Crippen LogP contribution in [0, 0.1) is 0 Å². The molecule has 2 aliphatic rings. The molecule has 2 heterocycles. The third kappa shape index (κ3) is 3.23. The van der Waals surface area contributed by atoms with Gasteiger partial charge in [-0.2, -0.15) is 4.31 Å². The standard InChI is InChI=1S/C20H24N2O4S2/c1-16-8-9-17-6-2-3-7-20(17)22(16)28(25,26)19-12-10-18(11-13-19)27(23,24)21-14-4-5-15-21/h2-3,6-7,10-13,16H,4-5,8-9,14-15H2,1H3. The molecule has 150 valence electrons. The van der Waals surface area contributed by atoms with E-state index in [0.29, 0.717) is 18.8 Å². The summed E-state index contributed by atoms with van der Waals surface area (Å²) >= 11 is 0. The molecule has 0 spiro atoms. The van der Waals surface area contributed by atoms with Crippen LogP contribution >= 0.6 is 0 Å². The summed E-state index contributed by atoms with van der Waals surface area (Å²) in [6, 6.07) is 13.0. The largest absolute Gasteiger partial charge is 0.264 e. The molecule has 4 rings (SSSR count). The third-order valence-electron chi connectivity index (χ3n) is 5.54. The molecule has 0 saturated carbocycles. The number of para-hydroxylation sites is 1. The second-order valence-corrected chi connectivity index (χ2v) is 11.2. The average molecular weight is 421 g/mol. The molecule has 2 aliphatic heterocycles. The first-order valence-corrected chi connectivity index (χ1v) is 12.4. The van der Waals surface area contributed by atoms with Crippen LogP contribution < -0.4 is 4.31 Å². The second-order valence-electron chi connectivity index (χ2n) is 7.40. The third-order valence-corrected chi connectivity index (χ3v) is 9.40. The van der Waals surface area contributed by atoms with Crippen molar-refractivity contribution in [2.75, 3.05) is 17.4 Å². The second kappa shape index (κ2) is 7.17. The van der Waals surface area contributed by atoms with Crippen molar-refractivity contribution in [2.45, 2.75) is 48.4 Å². The molecule has 0 radical (unpaired) electrons. The summed E-state index contributed by atoms with van der Waals surface area (Å²) in [6.45, 7) is 2.94. The molecule has 1 fully saturated rings. The highest BCUT2D eigenvalue weighted by molar-refractivity contribution is 7.93. The summed E-state index contributed by atoms with van der Waals surface area (Å²) in [7, 11) is -7.34. The van der Waals surface area contributed by atoms with Gasteiger partial charge in [0.05, 0.1) is 15.5 Å². The minimum atomic E-state index is -3.78. The van der Waals surface area contributed by atoms with Crippen molar-refractivity contribution >= 4 is 25.7 Å². The number of fused-ring (bicyclic) bond motifs is 1. The van der Waals surface area contributed by atoms with Gasteiger partial charge in [-0.05, 0) is 68.5 Å². The van der Waals surface area contributed by atoms with Crippen LogP contribution in [0.25, 0.3) is 0 Å². The molecule has 6 nitrogen and oxygen atoms in total. The lowest BCUT2D eigenvalue weighted by atomic mass is 9.99. The van der Waals surface area contributed by atoms with Gasteiger partial charge in [-0.15, -0.1) is 0 Å². The Morgan fingerprint density at radius 1 is 0.821 bits per heavy atom. The van der Waals surface area contributed by atoms with Gasteiger partial charge < -0.3 is 0 Å². The van der Waals surface area contributed by atoms with Gasteiger partial charge in [0.1, 0.15) is 0 Å². The first kappa shape index (κ1) is 19.4. The van der Waals surface area contributed by atoms with Crippen LogP contribution in [0.1, 0.15) is 31.7 Å². The van der Waals surface area contributed by atoms with Gasteiger partial charge in [-0.1, -0.05) is 18.2 Å². The molecule has 0 N–H and O–H groups in total. The molecular formula is C20H24N2O4S2. The Balaban J connectivity index is 1.69. The number of benzene rings is 2. The van der Waals surface area contributed by atoms with Crippen molar-refractivity contribution in [3.05, 3.63) is 54.1 Å². The van der Waals surface area contributed by atoms with E-state index in [9.17, 15) is 16.8 Å². The van der Waals surface area contributed by atoms with Crippen molar-refractivity contribution in [1.29, 1.82) is 0 Å². The lowest BCUT2D eigenvalue weighted by Gasteiger charge is -2.36. The van der Waals surface area contributed by atoms with E-state index in [2.05, 4.69) is 0 Å². The predicted molar refractivity (Wildman–Crippen MR) is 108 cm³/mol. The molecule has 8 heteroatoms. The van der Waals surface area contributed by atoms with Crippen LogP contribution in [-0.4, -0.2) is 40.3 Å². The molecule has 0 amide bonds. The van der Waals surface area contributed by atoms with Gasteiger partial charge in [0.15, 0.2) is 0 Å². The molecule has 1 saturated heterocycles. The topological polar surface area (TPSA) is 74.8 Å². The zero-order valence-corrected chi connectivity index (χ0v) is 17.4. The average Bonchev–Trinajstić information content (AvgIpc) is 3.23. The van der Waals surface area contributed by atoms with Gasteiger partial charge in [0.25, 0.3) is 10.0 Å². The van der Waals surface area contributed by atoms with E-state index in [1.807, 2.05) is 31.2 Å². The smallest absolute Gasteiger partial charge is 0.263 e. The molecule has 0 aromatic heterocycles. The molecule has 2 aromatic carbocycles. The Morgan fingerprint density at radius 2 is 1.39 bits per heavy atom. The summed E-state index contributed by atoms with van der Waals surface area (Å²) in [4.78, 5) is 0.247. The number of aryl methyl sites for hydroxylation is 1. The molecule has 2 aromatic rings. The first-order chi connectivity index (χ1) is 13.3. The van der Waals surface area contributed by atoms with Crippen LogP contribution in [0.3, 0.4) is 0 Å². The summed E-state index contributed by atoms with van der Waals surface area (Å²) in [6.07, 6.45) is 3.31. The van der Waals surface area contributed by atoms with E-state index in [-0.39, 0.29) is 15.8 Å². The molecular weight excluding hydrogens is 396 g/mol. The fraction of sp³-hybridized carbons (Fsp3) is 0.400. The Kier molecular flexibility index (Phi) is 4.97. The normalized spacial score (nSPS) is 20.9. The van der Waals surface area contributed by atoms with E-state index in [1.54, 1.807) is 0 Å². The van der Waals surface area contributed by atoms with Crippen molar-refractivity contribution in [3.8, 4) is 0 Å². The molecule has 0 aliphatic carbocycles. The van der Waals surface area contributed by atoms with E-state index in [0.717, 1.165) is 31.2 Å². The summed E-state index contributed by atoms with van der Waals surface area (Å²) in [5.41, 5.74) is 1.72.